The summed E-state index contributed by atoms with van der Waals surface area (Å²) in [6.45, 7) is 3.81. The van der Waals surface area contributed by atoms with Gasteiger partial charge in [0.2, 0.25) is 0 Å². The SMILES string of the molecule is CCCCCCCC(=O)OC(=O)c1ccc(O)c(C)c1. The Kier molecular flexibility index (Phi) is 6.77. The van der Waals surface area contributed by atoms with Gasteiger partial charge in [-0.05, 0) is 37.1 Å². The summed E-state index contributed by atoms with van der Waals surface area (Å²) >= 11 is 0. The van der Waals surface area contributed by atoms with Crippen molar-refractivity contribution in [1.29, 1.82) is 0 Å². The molecule has 0 unspecified atom stereocenters. The lowest BCUT2D eigenvalue weighted by atomic mass is 10.1. The molecule has 0 saturated heterocycles. The standard InChI is InChI=1S/C16H22O4/c1-3-4-5-6-7-8-15(18)20-16(19)13-9-10-14(17)12(2)11-13/h9-11,17H,3-8H2,1-2H3. The molecular weight excluding hydrogens is 256 g/mol. The Bertz CT molecular complexity index is 466. The Hall–Kier alpha value is -1.84. The number of unbranched alkanes of at least 4 members (excludes halogenated alkanes) is 4. The van der Waals surface area contributed by atoms with Crippen LogP contribution in [-0.2, 0) is 9.53 Å². The number of hydrogen-bond acceptors (Lipinski definition) is 4. The lowest BCUT2D eigenvalue weighted by Gasteiger charge is -2.05. The van der Waals surface area contributed by atoms with Crippen molar-refractivity contribution in [2.24, 2.45) is 0 Å². The van der Waals surface area contributed by atoms with E-state index in [4.69, 9.17) is 4.74 Å². The van der Waals surface area contributed by atoms with Crippen molar-refractivity contribution in [1.82, 2.24) is 0 Å². The molecule has 0 atom stereocenters. The van der Waals surface area contributed by atoms with Gasteiger partial charge in [-0.2, -0.15) is 0 Å². The Morgan fingerprint density at radius 1 is 1.15 bits per heavy atom. The summed E-state index contributed by atoms with van der Waals surface area (Å²) in [5.74, 6) is -1.03. The Morgan fingerprint density at radius 2 is 1.85 bits per heavy atom. The number of benzene rings is 1. The van der Waals surface area contributed by atoms with E-state index in [0.29, 0.717) is 5.56 Å². The van der Waals surface area contributed by atoms with Gasteiger partial charge in [0, 0.05) is 6.42 Å². The molecule has 0 aliphatic rings. The first-order valence-electron chi connectivity index (χ1n) is 7.09. The fraction of sp³-hybridized carbons (Fsp3) is 0.500. The predicted molar refractivity (Wildman–Crippen MR) is 76.6 cm³/mol. The topological polar surface area (TPSA) is 63.6 Å². The largest absolute Gasteiger partial charge is 0.508 e. The summed E-state index contributed by atoms with van der Waals surface area (Å²) in [6, 6.07) is 4.37. The van der Waals surface area contributed by atoms with Crippen molar-refractivity contribution in [2.75, 3.05) is 0 Å². The molecule has 0 aliphatic carbocycles. The van der Waals surface area contributed by atoms with Crippen LogP contribution in [0.25, 0.3) is 0 Å². The average Bonchev–Trinajstić information content (AvgIpc) is 2.41. The molecule has 1 aromatic rings. The molecule has 0 aromatic heterocycles. The molecule has 4 nitrogen and oxygen atoms in total. The quantitative estimate of drug-likeness (QED) is 0.469. The van der Waals surface area contributed by atoms with Crippen LogP contribution in [0.2, 0.25) is 0 Å². The number of ether oxygens (including phenoxy) is 1. The number of aromatic hydroxyl groups is 1. The zero-order valence-corrected chi connectivity index (χ0v) is 12.1. The minimum Gasteiger partial charge on any atom is -0.508 e. The highest BCUT2D eigenvalue weighted by Gasteiger charge is 2.13. The zero-order valence-electron chi connectivity index (χ0n) is 12.1. The average molecular weight is 278 g/mol. The maximum absolute atomic E-state index is 11.7. The first-order valence-corrected chi connectivity index (χ1v) is 7.09. The number of rotatable bonds is 7. The second-order valence-corrected chi connectivity index (χ2v) is 4.93. The third-order valence-corrected chi connectivity index (χ3v) is 3.12. The molecule has 0 aliphatic heterocycles. The molecule has 1 aromatic carbocycles. The van der Waals surface area contributed by atoms with Gasteiger partial charge in [0.25, 0.3) is 0 Å². The van der Waals surface area contributed by atoms with E-state index in [1.165, 1.54) is 24.6 Å². The van der Waals surface area contributed by atoms with E-state index < -0.39 is 11.9 Å². The van der Waals surface area contributed by atoms with E-state index in [-0.39, 0.29) is 17.7 Å². The van der Waals surface area contributed by atoms with Crippen LogP contribution in [0.15, 0.2) is 18.2 Å². The number of carbonyl (C=O) groups is 2. The number of aryl methyl sites for hydroxylation is 1. The van der Waals surface area contributed by atoms with E-state index in [9.17, 15) is 14.7 Å². The molecule has 0 radical (unpaired) electrons. The van der Waals surface area contributed by atoms with Crippen LogP contribution in [0.3, 0.4) is 0 Å². The molecule has 0 amide bonds. The lowest BCUT2D eigenvalue weighted by Crippen LogP contribution is -2.12. The van der Waals surface area contributed by atoms with Crippen molar-refractivity contribution >= 4 is 11.9 Å². The summed E-state index contributed by atoms with van der Waals surface area (Å²) in [5, 5.41) is 9.38. The summed E-state index contributed by atoms with van der Waals surface area (Å²) < 4.78 is 4.78. The number of esters is 2. The minimum atomic E-state index is -0.661. The molecule has 0 fully saturated rings. The van der Waals surface area contributed by atoms with Gasteiger partial charge in [-0.25, -0.2) is 4.79 Å². The maximum Gasteiger partial charge on any atom is 0.345 e. The van der Waals surface area contributed by atoms with Crippen molar-refractivity contribution in [3.05, 3.63) is 29.3 Å². The molecule has 0 spiro atoms. The van der Waals surface area contributed by atoms with Crippen LogP contribution in [0, 0.1) is 6.92 Å². The molecule has 0 heterocycles. The lowest BCUT2D eigenvalue weighted by molar-refractivity contribution is -0.138. The molecule has 1 N–H and O–H groups in total. The smallest absolute Gasteiger partial charge is 0.345 e. The highest BCUT2D eigenvalue weighted by Crippen LogP contribution is 2.17. The van der Waals surface area contributed by atoms with Crippen molar-refractivity contribution < 1.29 is 19.4 Å². The van der Waals surface area contributed by atoms with E-state index >= 15 is 0 Å². The normalized spacial score (nSPS) is 10.3. The van der Waals surface area contributed by atoms with Crippen LogP contribution in [0.1, 0.15) is 61.4 Å². The van der Waals surface area contributed by atoms with Crippen LogP contribution < -0.4 is 0 Å². The van der Waals surface area contributed by atoms with Crippen molar-refractivity contribution in [2.45, 2.75) is 52.4 Å². The van der Waals surface area contributed by atoms with Gasteiger partial charge in [0.15, 0.2) is 0 Å². The molecule has 20 heavy (non-hydrogen) atoms. The van der Waals surface area contributed by atoms with E-state index in [1.54, 1.807) is 6.92 Å². The molecule has 0 bridgehead atoms. The first-order chi connectivity index (χ1) is 9.54. The van der Waals surface area contributed by atoms with Crippen LogP contribution in [0.5, 0.6) is 5.75 Å². The van der Waals surface area contributed by atoms with Crippen molar-refractivity contribution in [3.8, 4) is 5.75 Å². The third-order valence-electron chi connectivity index (χ3n) is 3.12. The monoisotopic (exact) mass is 278 g/mol. The summed E-state index contributed by atoms with van der Waals surface area (Å²) in [6.07, 6.45) is 5.43. The fourth-order valence-corrected chi connectivity index (χ4v) is 1.87. The highest BCUT2D eigenvalue weighted by atomic mass is 16.6. The van der Waals surface area contributed by atoms with E-state index in [0.717, 1.165) is 25.7 Å². The van der Waals surface area contributed by atoms with Gasteiger partial charge in [0.1, 0.15) is 5.75 Å². The summed E-state index contributed by atoms with van der Waals surface area (Å²) in [5.41, 5.74) is 0.853. The van der Waals surface area contributed by atoms with Gasteiger partial charge in [-0.1, -0.05) is 32.6 Å². The van der Waals surface area contributed by atoms with Crippen LogP contribution in [0.4, 0.5) is 0 Å². The van der Waals surface area contributed by atoms with Gasteiger partial charge in [-0.15, -0.1) is 0 Å². The molecule has 0 saturated carbocycles. The van der Waals surface area contributed by atoms with Gasteiger partial charge < -0.3 is 9.84 Å². The third kappa shape index (κ3) is 5.43. The van der Waals surface area contributed by atoms with Gasteiger partial charge >= 0.3 is 11.9 Å². The summed E-state index contributed by atoms with van der Waals surface area (Å²) in [7, 11) is 0. The first kappa shape index (κ1) is 16.2. The zero-order chi connectivity index (χ0) is 15.0. The maximum atomic E-state index is 11.7. The van der Waals surface area contributed by atoms with Gasteiger partial charge in [-0.3, -0.25) is 4.79 Å². The number of hydrogen-bond donors (Lipinski definition) is 1. The summed E-state index contributed by atoms with van der Waals surface area (Å²) in [4.78, 5) is 23.2. The predicted octanol–water partition coefficient (Wildman–Crippen LogP) is 3.74. The molecule has 110 valence electrons. The second kappa shape index (κ2) is 8.35. The molecule has 1 rings (SSSR count). The second-order valence-electron chi connectivity index (χ2n) is 4.93. The Balaban J connectivity index is 2.37. The Morgan fingerprint density at radius 3 is 2.50 bits per heavy atom. The highest BCUT2D eigenvalue weighted by molar-refractivity contribution is 5.97. The molecular formula is C16H22O4. The fourth-order valence-electron chi connectivity index (χ4n) is 1.87. The number of carbonyl (C=O) groups excluding carboxylic acids is 2. The Labute approximate surface area is 119 Å². The van der Waals surface area contributed by atoms with E-state index in [1.807, 2.05) is 0 Å². The van der Waals surface area contributed by atoms with Gasteiger partial charge in [0.05, 0.1) is 5.56 Å². The van der Waals surface area contributed by atoms with E-state index in [2.05, 4.69) is 6.92 Å². The minimum absolute atomic E-state index is 0.115. The number of phenolic OH excluding ortho intramolecular Hbond substituents is 1. The van der Waals surface area contributed by atoms with Crippen LogP contribution in [-0.4, -0.2) is 17.0 Å². The van der Waals surface area contributed by atoms with Crippen LogP contribution >= 0.6 is 0 Å². The number of phenols is 1. The van der Waals surface area contributed by atoms with Crippen molar-refractivity contribution in [3.63, 3.8) is 0 Å². The molecule has 4 heteroatoms.